The maximum absolute atomic E-state index is 11.4. The molecular weight excluding hydrogens is 464 g/mol. The molecular formula is C21H20N6O4S2. The smallest absolute Gasteiger partial charge is 0.360 e. The Labute approximate surface area is 197 Å². The summed E-state index contributed by atoms with van der Waals surface area (Å²) in [6, 6.07) is 7.74. The van der Waals surface area contributed by atoms with Crippen molar-refractivity contribution < 1.29 is 19.4 Å². The third kappa shape index (κ3) is 5.67. The van der Waals surface area contributed by atoms with Crippen LogP contribution in [0, 0.1) is 13.8 Å². The number of nitrogen functional groups attached to an aromatic ring is 2. The number of carbonyl (C=O) groups excluding carboxylic acids is 1. The van der Waals surface area contributed by atoms with E-state index in [9.17, 15) is 9.59 Å². The summed E-state index contributed by atoms with van der Waals surface area (Å²) in [7, 11) is 1.28. The Morgan fingerprint density at radius 2 is 1.30 bits per heavy atom. The number of carboxylic acid groups (broad SMARTS) is 1. The quantitative estimate of drug-likeness (QED) is 0.363. The fourth-order valence-corrected chi connectivity index (χ4v) is 4.23. The molecule has 0 aliphatic heterocycles. The average Bonchev–Trinajstić information content (AvgIpc) is 3.42. The van der Waals surface area contributed by atoms with Crippen molar-refractivity contribution in [3.8, 4) is 21.1 Å². The number of carboxylic acids is 1. The van der Waals surface area contributed by atoms with Gasteiger partial charge in [-0.1, -0.05) is 0 Å². The number of aryl methyl sites for hydroxylation is 2. The van der Waals surface area contributed by atoms with Crippen molar-refractivity contribution in [1.82, 2.24) is 19.9 Å². The lowest BCUT2D eigenvalue weighted by Gasteiger charge is -2.03. The molecule has 0 amide bonds. The minimum absolute atomic E-state index is 0.0519. The number of hydrogen-bond acceptors (Lipinski definition) is 11. The molecule has 4 heterocycles. The van der Waals surface area contributed by atoms with Crippen molar-refractivity contribution in [3.05, 3.63) is 57.8 Å². The predicted octanol–water partition coefficient (Wildman–Crippen LogP) is 3.68. The van der Waals surface area contributed by atoms with Crippen LogP contribution in [0.2, 0.25) is 0 Å². The number of aromatic nitrogens is 4. The van der Waals surface area contributed by atoms with Gasteiger partial charge < -0.3 is 21.3 Å². The summed E-state index contributed by atoms with van der Waals surface area (Å²) in [5, 5.41) is 8.86. The first-order valence-electron chi connectivity index (χ1n) is 9.39. The molecule has 0 radical (unpaired) electrons. The number of anilines is 2. The molecule has 0 spiro atoms. The third-order valence-corrected chi connectivity index (χ3v) is 6.21. The monoisotopic (exact) mass is 484 g/mol. The highest BCUT2D eigenvalue weighted by molar-refractivity contribution is 7.15. The molecule has 0 aromatic carbocycles. The van der Waals surface area contributed by atoms with Gasteiger partial charge in [-0.2, -0.15) is 0 Å². The summed E-state index contributed by atoms with van der Waals surface area (Å²) in [6.07, 6.45) is 3.03. The first kappa shape index (κ1) is 23.8. The maximum atomic E-state index is 11.4. The number of carbonyl (C=O) groups is 2. The zero-order valence-corrected chi connectivity index (χ0v) is 19.5. The Kier molecular flexibility index (Phi) is 7.30. The van der Waals surface area contributed by atoms with E-state index in [4.69, 9.17) is 16.6 Å². The van der Waals surface area contributed by atoms with Crippen LogP contribution in [-0.4, -0.2) is 44.1 Å². The largest absolute Gasteiger partial charge is 0.476 e. The van der Waals surface area contributed by atoms with E-state index in [-0.39, 0.29) is 23.0 Å². The fourth-order valence-electron chi connectivity index (χ4n) is 2.58. The first-order chi connectivity index (χ1) is 15.7. The van der Waals surface area contributed by atoms with Crippen LogP contribution >= 0.6 is 22.7 Å². The van der Waals surface area contributed by atoms with Gasteiger partial charge in [0.05, 0.1) is 40.6 Å². The van der Waals surface area contributed by atoms with Gasteiger partial charge in [-0.3, -0.25) is 0 Å². The van der Waals surface area contributed by atoms with E-state index in [0.29, 0.717) is 11.4 Å². The van der Waals surface area contributed by atoms with Crippen LogP contribution in [0.1, 0.15) is 30.7 Å². The molecule has 5 N–H and O–H groups in total. The number of methoxy groups -OCH3 is 1. The molecule has 10 nitrogen and oxygen atoms in total. The highest BCUT2D eigenvalue weighted by Crippen LogP contribution is 2.27. The molecule has 0 bridgehead atoms. The van der Waals surface area contributed by atoms with Crippen LogP contribution in [0.5, 0.6) is 0 Å². The number of nitrogens with two attached hydrogens (primary N) is 2. The standard InChI is InChI=1S/C11H11N3O2S.C10H9N3O2S/c1-6-3-4-8(17-6)7-5-13-10(12)9(14-7)11(15)16-2;1-5-2-3-7(16-5)6-4-12-9(11)8(13-6)10(14)15/h3-5H,1-2H3,(H2,12,13);2-4H,1H3,(H2,11,12)(H,14,15). The summed E-state index contributed by atoms with van der Waals surface area (Å²) in [6.45, 7) is 3.97. The number of aromatic carboxylic acids is 1. The highest BCUT2D eigenvalue weighted by atomic mass is 32.1. The Balaban J connectivity index is 0.000000186. The van der Waals surface area contributed by atoms with Gasteiger partial charge in [0.15, 0.2) is 23.0 Å². The molecule has 12 heteroatoms. The molecule has 0 atom stereocenters. The second kappa shape index (κ2) is 10.1. The molecule has 170 valence electrons. The number of esters is 1. The topological polar surface area (TPSA) is 167 Å². The van der Waals surface area contributed by atoms with Crippen molar-refractivity contribution >= 4 is 46.2 Å². The number of hydrogen-bond donors (Lipinski definition) is 3. The molecule has 0 saturated heterocycles. The van der Waals surface area contributed by atoms with Gasteiger partial charge in [-0.05, 0) is 38.1 Å². The molecule has 0 saturated carbocycles. The molecule has 0 fully saturated rings. The molecule has 4 rings (SSSR count). The van der Waals surface area contributed by atoms with E-state index in [0.717, 1.165) is 14.6 Å². The average molecular weight is 485 g/mol. The van der Waals surface area contributed by atoms with Crippen molar-refractivity contribution in [2.24, 2.45) is 0 Å². The predicted molar refractivity (Wildman–Crippen MR) is 127 cm³/mol. The van der Waals surface area contributed by atoms with E-state index in [2.05, 4.69) is 24.7 Å². The lowest BCUT2D eigenvalue weighted by atomic mass is 10.3. The van der Waals surface area contributed by atoms with Gasteiger partial charge in [0.25, 0.3) is 0 Å². The molecule has 0 aliphatic carbocycles. The van der Waals surface area contributed by atoms with Crippen LogP contribution in [0.15, 0.2) is 36.7 Å². The summed E-state index contributed by atoms with van der Waals surface area (Å²) in [4.78, 5) is 42.3. The summed E-state index contributed by atoms with van der Waals surface area (Å²) in [5.74, 6) is -1.73. The Morgan fingerprint density at radius 1 is 0.848 bits per heavy atom. The van der Waals surface area contributed by atoms with E-state index in [1.54, 1.807) is 17.5 Å². The van der Waals surface area contributed by atoms with E-state index < -0.39 is 11.9 Å². The number of rotatable bonds is 4. The van der Waals surface area contributed by atoms with Crippen LogP contribution in [0.4, 0.5) is 11.6 Å². The Morgan fingerprint density at radius 3 is 1.70 bits per heavy atom. The van der Waals surface area contributed by atoms with Gasteiger partial charge in [0.1, 0.15) is 0 Å². The van der Waals surface area contributed by atoms with Gasteiger partial charge in [-0.25, -0.2) is 29.5 Å². The van der Waals surface area contributed by atoms with Crippen LogP contribution in [-0.2, 0) is 4.74 Å². The van der Waals surface area contributed by atoms with Gasteiger partial charge in [0, 0.05) is 9.75 Å². The normalized spacial score (nSPS) is 10.3. The zero-order chi connectivity index (χ0) is 24.1. The van der Waals surface area contributed by atoms with Crippen molar-refractivity contribution in [3.63, 3.8) is 0 Å². The minimum Gasteiger partial charge on any atom is -0.476 e. The Hall–Kier alpha value is -3.90. The maximum Gasteiger partial charge on any atom is 0.360 e. The molecule has 4 aromatic heterocycles. The number of ether oxygens (including phenoxy) is 1. The second-order valence-electron chi connectivity index (χ2n) is 6.60. The van der Waals surface area contributed by atoms with Crippen molar-refractivity contribution in [2.45, 2.75) is 13.8 Å². The Bertz CT molecular complexity index is 1320. The lowest BCUT2D eigenvalue weighted by Crippen LogP contribution is -2.10. The van der Waals surface area contributed by atoms with Gasteiger partial charge >= 0.3 is 11.9 Å². The fraction of sp³-hybridized carbons (Fsp3) is 0.143. The second-order valence-corrected chi connectivity index (χ2v) is 9.17. The minimum atomic E-state index is -1.17. The number of nitrogens with zero attached hydrogens (tertiary/aromatic N) is 4. The molecule has 0 unspecified atom stereocenters. The highest BCUT2D eigenvalue weighted by Gasteiger charge is 2.15. The molecule has 0 aliphatic rings. The van der Waals surface area contributed by atoms with Crippen LogP contribution in [0.3, 0.4) is 0 Å². The summed E-state index contributed by atoms with van der Waals surface area (Å²) in [5.41, 5.74) is 12.0. The SMILES string of the molecule is COC(=O)c1nc(-c2ccc(C)s2)cnc1N.Cc1ccc(-c2cnc(N)c(C(=O)O)n2)s1. The van der Waals surface area contributed by atoms with Gasteiger partial charge in [-0.15, -0.1) is 22.7 Å². The van der Waals surface area contributed by atoms with E-state index >= 15 is 0 Å². The molecule has 4 aromatic rings. The first-order valence-corrected chi connectivity index (χ1v) is 11.0. The van der Waals surface area contributed by atoms with E-state index in [1.165, 1.54) is 29.5 Å². The van der Waals surface area contributed by atoms with Crippen molar-refractivity contribution in [2.75, 3.05) is 18.6 Å². The zero-order valence-electron chi connectivity index (χ0n) is 17.9. The lowest BCUT2D eigenvalue weighted by molar-refractivity contribution is 0.0594. The van der Waals surface area contributed by atoms with Crippen LogP contribution < -0.4 is 11.5 Å². The van der Waals surface area contributed by atoms with Crippen LogP contribution in [0.25, 0.3) is 21.1 Å². The summed E-state index contributed by atoms with van der Waals surface area (Å²) < 4.78 is 4.60. The number of thiophene rings is 2. The van der Waals surface area contributed by atoms with Gasteiger partial charge in [0.2, 0.25) is 0 Å². The van der Waals surface area contributed by atoms with E-state index in [1.807, 2.05) is 38.1 Å². The van der Waals surface area contributed by atoms with Crippen molar-refractivity contribution in [1.29, 1.82) is 0 Å². The summed E-state index contributed by atoms with van der Waals surface area (Å²) >= 11 is 3.11. The molecule has 33 heavy (non-hydrogen) atoms. The third-order valence-electron chi connectivity index (χ3n) is 4.17.